The third kappa shape index (κ3) is 2.67. The van der Waals surface area contributed by atoms with Gasteiger partial charge in [-0.25, -0.2) is 9.59 Å². The highest BCUT2D eigenvalue weighted by atomic mass is 16.7. The van der Waals surface area contributed by atoms with Crippen LogP contribution >= 0.6 is 0 Å². The monoisotopic (exact) mass is 346 g/mol. The third-order valence-corrected chi connectivity index (χ3v) is 3.78. The lowest BCUT2D eigenvalue weighted by Crippen LogP contribution is -2.17. The molecule has 8 heteroatoms. The Labute approximate surface area is 142 Å². The van der Waals surface area contributed by atoms with Crippen LogP contribution in [0.4, 0.5) is 0 Å². The Hall–Kier alpha value is -3.42. The van der Waals surface area contributed by atoms with E-state index in [0.29, 0.717) is 5.75 Å². The molecule has 0 spiro atoms. The summed E-state index contributed by atoms with van der Waals surface area (Å²) in [6.45, 7) is -0.160. The standard InChI is InChI=1S/C17H14O8/c1-22-8-3-4-9(11(5-8)16(18)19)10-6-12-14(23-2)15(25-7-24-12)13(10)17(20)21/h3-6H,7H2,1-2H3,(H,18,19)(H,20,21). The van der Waals surface area contributed by atoms with Crippen molar-refractivity contribution in [3.8, 4) is 34.1 Å². The van der Waals surface area contributed by atoms with Crippen LogP contribution in [0.5, 0.6) is 23.0 Å². The normalized spacial score (nSPS) is 11.9. The van der Waals surface area contributed by atoms with E-state index in [-0.39, 0.29) is 46.3 Å². The number of fused-ring (bicyclic) bond motifs is 2. The van der Waals surface area contributed by atoms with Crippen molar-refractivity contribution in [3.63, 3.8) is 0 Å². The van der Waals surface area contributed by atoms with Crippen LogP contribution < -0.4 is 18.9 Å². The number of ether oxygens (including phenoxy) is 4. The predicted octanol–water partition coefficient (Wildman–Crippen LogP) is 2.50. The molecule has 2 aromatic rings. The quantitative estimate of drug-likeness (QED) is 0.849. The molecule has 0 unspecified atom stereocenters. The Morgan fingerprint density at radius 1 is 1.00 bits per heavy atom. The minimum absolute atomic E-state index is 0.000840. The maximum Gasteiger partial charge on any atom is 0.340 e. The van der Waals surface area contributed by atoms with Crippen LogP contribution in [-0.2, 0) is 0 Å². The van der Waals surface area contributed by atoms with E-state index in [1.54, 1.807) is 6.07 Å². The van der Waals surface area contributed by atoms with Gasteiger partial charge >= 0.3 is 11.9 Å². The molecule has 2 aromatic carbocycles. The fourth-order valence-corrected chi connectivity index (χ4v) is 2.69. The van der Waals surface area contributed by atoms with Crippen LogP contribution in [0.25, 0.3) is 11.1 Å². The zero-order valence-corrected chi connectivity index (χ0v) is 13.4. The molecule has 2 bridgehead atoms. The van der Waals surface area contributed by atoms with Gasteiger partial charge < -0.3 is 29.2 Å². The summed E-state index contributed by atoms with van der Waals surface area (Å²) in [7, 11) is 2.77. The zero-order chi connectivity index (χ0) is 18.1. The van der Waals surface area contributed by atoms with Crippen molar-refractivity contribution in [3.05, 3.63) is 35.4 Å². The molecular weight excluding hydrogens is 332 g/mol. The molecule has 25 heavy (non-hydrogen) atoms. The number of hydrogen-bond acceptors (Lipinski definition) is 6. The summed E-state index contributed by atoms with van der Waals surface area (Å²) in [5.74, 6) is -1.73. The molecule has 1 aliphatic rings. The van der Waals surface area contributed by atoms with Crippen LogP contribution in [-0.4, -0.2) is 43.2 Å². The van der Waals surface area contributed by atoms with Crippen molar-refractivity contribution in [2.45, 2.75) is 0 Å². The molecule has 1 aliphatic heterocycles. The van der Waals surface area contributed by atoms with Gasteiger partial charge in [-0.3, -0.25) is 0 Å². The van der Waals surface area contributed by atoms with Crippen LogP contribution in [0, 0.1) is 0 Å². The van der Waals surface area contributed by atoms with Crippen LogP contribution in [0.3, 0.4) is 0 Å². The van der Waals surface area contributed by atoms with Gasteiger partial charge in [-0.15, -0.1) is 0 Å². The summed E-state index contributed by atoms with van der Waals surface area (Å²) in [5, 5.41) is 19.2. The topological polar surface area (TPSA) is 112 Å². The highest BCUT2D eigenvalue weighted by Gasteiger charge is 2.31. The fourth-order valence-electron chi connectivity index (χ4n) is 2.69. The molecular formula is C17H14O8. The number of carbonyl (C=O) groups is 2. The van der Waals surface area contributed by atoms with Gasteiger partial charge in [0.25, 0.3) is 0 Å². The molecule has 0 amide bonds. The first kappa shape index (κ1) is 16.4. The minimum atomic E-state index is -1.27. The molecule has 0 saturated heterocycles. The summed E-state index contributed by atoms with van der Waals surface area (Å²) in [4.78, 5) is 23.5. The van der Waals surface area contributed by atoms with E-state index in [9.17, 15) is 19.8 Å². The molecule has 8 nitrogen and oxygen atoms in total. The van der Waals surface area contributed by atoms with Gasteiger partial charge in [0.1, 0.15) is 11.3 Å². The van der Waals surface area contributed by atoms with E-state index < -0.39 is 11.9 Å². The molecule has 3 rings (SSSR count). The Morgan fingerprint density at radius 2 is 1.76 bits per heavy atom. The largest absolute Gasteiger partial charge is 0.497 e. The van der Waals surface area contributed by atoms with Gasteiger partial charge in [-0.2, -0.15) is 0 Å². The molecule has 0 saturated carbocycles. The van der Waals surface area contributed by atoms with E-state index >= 15 is 0 Å². The number of carboxylic acid groups (broad SMARTS) is 2. The molecule has 130 valence electrons. The first-order chi connectivity index (χ1) is 12.0. The Kier molecular flexibility index (Phi) is 4.10. The molecule has 2 N–H and O–H groups in total. The second-order valence-electron chi connectivity index (χ2n) is 5.09. The van der Waals surface area contributed by atoms with Crippen molar-refractivity contribution in [1.82, 2.24) is 0 Å². The number of rotatable bonds is 5. The number of aromatic carboxylic acids is 2. The number of benzene rings is 2. The van der Waals surface area contributed by atoms with E-state index in [2.05, 4.69) is 0 Å². The Balaban J connectivity index is 2.34. The maximum absolute atomic E-state index is 11.8. The molecule has 0 atom stereocenters. The lowest BCUT2D eigenvalue weighted by molar-refractivity contribution is 0.0656. The Morgan fingerprint density at radius 3 is 2.36 bits per heavy atom. The molecule has 0 fully saturated rings. The molecule has 0 aliphatic carbocycles. The third-order valence-electron chi connectivity index (χ3n) is 3.78. The summed E-state index contributed by atoms with van der Waals surface area (Å²) in [6, 6.07) is 5.78. The first-order valence-electron chi connectivity index (χ1n) is 7.13. The van der Waals surface area contributed by atoms with Gasteiger partial charge in [-0.1, -0.05) is 0 Å². The number of methoxy groups -OCH3 is 2. The number of hydrogen-bond donors (Lipinski definition) is 2. The maximum atomic E-state index is 11.8. The predicted molar refractivity (Wildman–Crippen MR) is 85.0 cm³/mol. The molecule has 1 heterocycles. The van der Waals surface area contributed by atoms with Crippen LogP contribution in [0.15, 0.2) is 24.3 Å². The lowest BCUT2D eigenvalue weighted by Gasteiger charge is -2.24. The highest BCUT2D eigenvalue weighted by Crippen LogP contribution is 2.48. The van der Waals surface area contributed by atoms with E-state index in [0.717, 1.165) is 0 Å². The average molecular weight is 346 g/mol. The summed E-state index contributed by atoms with van der Waals surface area (Å²) in [6.07, 6.45) is 0. The Bertz CT molecular complexity index is 871. The van der Waals surface area contributed by atoms with E-state index in [4.69, 9.17) is 18.9 Å². The van der Waals surface area contributed by atoms with Gasteiger partial charge in [0.05, 0.1) is 19.8 Å². The van der Waals surface area contributed by atoms with Gasteiger partial charge in [0, 0.05) is 5.56 Å². The fraction of sp³-hybridized carbons (Fsp3) is 0.176. The minimum Gasteiger partial charge on any atom is -0.497 e. The smallest absolute Gasteiger partial charge is 0.340 e. The highest BCUT2D eigenvalue weighted by molar-refractivity contribution is 6.05. The second kappa shape index (κ2) is 6.23. The van der Waals surface area contributed by atoms with Gasteiger partial charge in [-0.05, 0) is 29.8 Å². The SMILES string of the molecule is COc1ccc(-c2cc3c(OC)c(c2C(=O)O)OCO3)c(C(=O)O)c1. The summed E-state index contributed by atoms with van der Waals surface area (Å²) in [5.41, 5.74) is 0.0454. The van der Waals surface area contributed by atoms with Crippen molar-refractivity contribution >= 4 is 11.9 Å². The summed E-state index contributed by atoms with van der Waals surface area (Å²) >= 11 is 0. The summed E-state index contributed by atoms with van der Waals surface area (Å²) < 4.78 is 20.8. The van der Waals surface area contributed by atoms with E-state index in [1.807, 2.05) is 0 Å². The molecule has 0 aromatic heterocycles. The first-order valence-corrected chi connectivity index (χ1v) is 7.13. The zero-order valence-electron chi connectivity index (χ0n) is 13.4. The van der Waals surface area contributed by atoms with Crippen molar-refractivity contribution in [2.24, 2.45) is 0 Å². The van der Waals surface area contributed by atoms with E-state index in [1.165, 1.54) is 32.4 Å². The molecule has 0 radical (unpaired) electrons. The van der Waals surface area contributed by atoms with Crippen molar-refractivity contribution in [2.75, 3.05) is 21.0 Å². The lowest BCUT2D eigenvalue weighted by atomic mass is 9.93. The van der Waals surface area contributed by atoms with Crippen LogP contribution in [0.1, 0.15) is 20.7 Å². The number of carboxylic acids is 2. The van der Waals surface area contributed by atoms with Crippen molar-refractivity contribution in [1.29, 1.82) is 0 Å². The second-order valence-corrected chi connectivity index (χ2v) is 5.09. The average Bonchev–Trinajstić information content (AvgIpc) is 2.59. The van der Waals surface area contributed by atoms with Gasteiger partial charge in [0.15, 0.2) is 11.5 Å². The van der Waals surface area contributed by atoms with Gasteiger partial charge in [0.2, 0.25) is 12.5 Å². The van der Waals surface area contributed by atoms with Crippen LogP contribution in [0.2, 0.25) is 0 Å². The van der Waals surface area contributed by atoms with Crippen molar-refractivity contribution < 1.29 is 38.7 Å².